The zero-order valence-corrected chi connectivity index (χ0v) is 11.0. The predicted octanol–water partition coefficient (Wildman–Crippen LogP) is 2.22. The van der Waals surface area contributed by atoms with Gasteiger partial charge in [-0.3, -0.25) is 0 Å². The van der Waals surface area contributed by atoms with Gasteiger partial charge in [-0.15, -0.1) is 23.7 Å². The summed E-state index contributed by atoms with van der Waals surface area (Å²) in [6, 6.07) is 2.23. The van der Waals surface area contributed by atoms with Crippen LogP contribution >= 0.6 is 23.7 Å². The summed E-state index contributed by atoms with van der Waals surface area (Å²) in [7, 11) is 0. The van der Waals surface area contributed by atoms with Crippen LogP contribution in [0.15, 0.2) is 4.99 Å². The maximum absolute atomic E-state index is 9.17. The Kier molecular flexibility index (Phi) is 4.79. The Morgan fingerprint density at radius 3 is 2.59 bits per heavy atom. The number of nitrogens with zero attached hydrogens (tertiary/aromatic N) is 2. The van der Waals surface area contributed by atoms with Crippen molar-refractivity contribution in [2.45, 2.75) is 32.1 Å². The standard InChI is InChI=1S/C11H14N4S.ClH/c12-6-8-7-4-2-1-3-5-9(7)16-10(8)15-11(13)14;/h1-5H2,(H4,13,14,15);1H. The maximum Gasteiger partial charge on any atom is 0.192 e. The molecule has 1 aliphatic rings. The van der Waals surface area contributed by atoms with E-state index in [0.717, 1.165) is 19.3 Å². The molecule has 0 fully saturated rings. The molecule has 4 N–H and O–H groups in total. The molecule has 92 valence electrons. The molecular formula is C11H15ClN4S. The Labute approximate surface area is 111 Å². The van der Waals surface area contributed by atoms with E-state index in [1.807, 2.05) is 0 Å². The van der Waals surface area contributed by atoms with E-state index in [0.29, 0.717) is 10.6 Å². The summed E-state index contributed by atoms with van der Waals surface area (Å²) in [4.78, 5) is 5.32. The highest BCUT2D eigenvalue weighted by Gasteiger charge is 2.19. The largest absolute Gasteiger partial charge is 0.370 e. The molecule has 0 bridgehead atoms. The number of nitriles is 1. The number of thiophene rings is 1. The summed E-state index contributed by atoms with van der Waals surface area (Å²) in [5.41, 5.74) is 12.6. The summed E-state index contributed by atoms with van der Waals surface area (Å²) in [6.45, 7) is 0. The predicted molar refractivity (Wildman–Crippen MR) is 73.0 cm³/mol. The quantitative estimate of drug-likeness (QED) is 0.466. The second-order valence-electron chi connectivity index (χ2n) is 3.89. The molecule has 0 saturated heterocycles. The number of guanidine groups is 1. The Morgan fingerprint density at radius 1 is 1.24 bits per heavy atom. The number of nitrogens with two attached hydrogens (primary N) is 2. The SMILES string of the molecule is Cl.N#Cc1c(N=C(N)N)sc2c1CCCCC2. The molecule has 0 unspecified atom stereocenters. The monoisotopic (exact) mass is 270 g/mol. The molecule has 2 rings (SSSR count). The van der Waals surface area contributed by atoms with E-state index in [-0.39, 0.29) is 18.4 Å². The number of rotatable bonds is 1. The van der Waals surface area contributed by atoms with Gasteiger partial charge in [0.25, 0.3) is 0 Å². The Morgan fingerprint density at radius 2 is 1.94 bits per heavy atom. The van der Waals surface area contributed by atoms with Crippen molar-refractivity contribution in [3.8, 4) is 6.07 Å². The molecule has 0 aliphatic heterocycles. The van der Waals surface area contributed by atoms with E-state index in [4.69, 9.17) is 11.5 Å². The number of aryl methyl sites for hydroxylation is 1. The first-order valence-corrected chi connectivity index (χ1v) is 6.18. The fraction of sp³-hybridized carbons (Fsp3) is 0.455. The number of hydrogen-bond acceptors (Lipinski definition) is 3. The van der Waals surface area contributed by atoms with Gasteiger partial charge in [-0.2, -0.15) is 5.26 Å². The Bertz CT molecular complexity index is 469. The molecule has 0 saturated carbocycles. The number of hydrogen-bond donors (Lipinski definition) is 2. The average molecular weight is 271 g/mol. The van der Waals surface area contributed by atoms with Crippen molar-refractivity contribution < 1.29 is 0 Å². The smallest absolute Gasteiger partial charge is 0.192 e. The van der Waals surface area contributed by atoms with E-state index in [1.165, 1.54) is 23.3 Å². The Hall–Kier alpha value is -1.25. The van der Waals surface area contributed by atoms with Gasteiger partial charge in [0.15, 0.2) is 5.96 Å². The first-order chi connectivity index (χ1) is 7.72. The van der Waals surface area contributed by atoms with Crippen molar-refractivity contribution >= 4 is 34.7 Å². The summed E-state index contributed by atoms with van der Waals surface area (Å²) >= 11 is 1.56. The molecule has 0 amide bonds. The van der Waals surface area contributed by atoms with Crippen LogP contribution in [0.1, 0.15) is 35.3 Å². The molecule has 1 heterocycles. The molecule has 0 atom stereocenters. The highest BCUT2D eigenvalue weighted by Crippen LogP contribution is 2.38. The van der Waals surface area contributed by atoms with Gasteiger partial charge in [-0.1, -0.05) is 6.42 Å². The molecular weight excluding hydrogens is 256 g/mol. The van der Waals surface area contributed by atoms with Crippen LogP contribution in [0.5, 0.6) is 0 Å². The van der Waals surface area contributed by atoms with Crippen molar-refractivity contribution in [1.29, 1.82) is 5.26 Å². The summed E-state index contributed by atoms with van der Waals surface area (Å²) in [5, 5.41) is 9.85. The van der Waals surface area contributed by atoms with E-state index in [9.17, 15) is 5.26 Å². The van der Waals surface area contributed by atoms with Gasteiger partial charge in [-0.05, 0) is 31.2 Å². The minimum absolute atomic E-state index is 0. The summed E-state index contributed by atoms with van der Waals surface area (Å²) in [5.74, 6) is 0.0212. The van der Waals surface area contributed by atoms with Gasteiger partial charge in [0.2, 0.25) is 0 Å². The third-order valence-electron chi connectivity index (χ3n) is 2.75. The van der Waals surface area contributed by atoms with Crippen LogP contribution in [0.25, 0.3) is 0 Å². The van der Waals surface area contributed by atoms with Crippen LogP contribution in [0, 0.1) is 11.3 Å². The molecule has 1 aromatic heterocycles. The molecule has 6 heteroatoms. The molecule has 17 heavy (non-hydrogen) atoms. The van der Waals surface area contributed by atoms with Gasteiger partial charge in [-0.25, -0.2) is 4.99 Å². The fourth-order valence-electron chi connectivity index (χ4n) is 2.04. The van der Waals surface area contributed by atoms with Gasteiger partial charge in [0.1, 0.15) is 11.1 Å². The first kappa shape index (κ1) is 13.8. The van der Waals surface area contributed by atoms with Crippen molar-refractivity contribution in [1.82, 2.24) is 0 Å². The summed E-state index contributed by atoms with van der Waals surface area (Å²) < 4.78 is 0. The van der Waals surface area contributed by atoms with Crippen LogP contribution < -0.4 is 11.5 Å². The normalized spacial score (nSPS) is 13.8. The minimum Gasteiger partial charge on any atom is -0.370 e. The van der Waals surface area contributed by atoms with Gasteiger partial charge in [0.05, 0.1) is 5.56 Å². The van der Waals surface area contributed by atoms with E-state index in [2.05, 4.69) is 11.1 Å². The van der Waals surface area contributed by atoms with Gasteiger partial charge < -0.3 is 11.5 Å². The van der Waals surface area contributed by atoms with Crippen molar-refractivity contribution in [2.75, 3.05) is 0 Å². The fourth-order valence-corrected chi connectivity index (χ4v) is 3.27. The lowest BCUT2D eigenvalue weighted by molar-refractivity contribution is 0.712. The lowest BCUT2D eigenvalue weighted by Crippen LogP contribution is -2.21. The minimum atomic E-state index is 0. The first-order valence-electron chi connectivity index (χ1n) is 5.36. The molecule has 0 spiro atoms. The highest BCUT2D eigenvalue weighted by molar-refractivity contribution is 7.16. The van der Waals surface area contributed by atoms with E-state index in [1.54, 1.807) is 11.3 Å². The third-order valence-corrected chi connectivity index (χ3v) is 3.93. The second-order valence-corrected chi connectivity index (χ2v) is 4.98. The van der Waals surface area contributed by atoms with Crippen LogP contribution in [0.2, 0.25) is 0 Å². The zero-order chi connectivity index (χ0) is 11.5. The number of halogens is 1. The van der Waals surface area contributed by atoms with Gasteiger partial charge in [0, 0.05) is 4.88 Å². The lowest BCUT2D eigenvalue weighted by atomic mass is 10.1. The van der Waals surface area contributed by atoms with E-state index < -0.39 is 0 Å². The molecule has 1 aliphatic carbocycles. The van der Waals surface area contributed by atoms with Crippen molar-refractivity contribution in [3.63, 3.8) is 0 Å². The van der Waals surface area contributed by atoms with Crippen molar-refractivity contribution in [3.05, 3.63) is 16.0 Å². The maximum atomic E-state index is 9.17. The summed E-state index contributed by atoms with van der Waals surface area (Å²) in [6.07, 6.45) is 5.62. The zero-order valence-electron chi connectivity index (χ0n) is 9.40. The topological polar surface area (TPSA) is 88.2 Å². The van der Waals surface area contributed by atoms with Gasteiger partial charge >= 0.3 is 0 Å². The van der Waals surface area contributed by atoms with E-state index >= 15 is 0 Å². The second kappa shape index (κ2) is 5.89. The lowest BCUT2D eigenvalue weighted by Gasteiger charge is -1.96. The van der Waals surface area contributed by atoms with Crippen LogP contribution in [0.4, 0.5) is 5.00 Å². The van der Waals surface area contributed by atoms with Crippen molar-refractivity contribution in [2.24, 2.45) is 16.5 Å². The van der Waals surface area contributed by atoms with Crippen LogP contribution in [-0.4, -0.2) is 5.96 Å². The number of fused-ring (bicyclic) bond motifs is 1. The molecule has 1 aromatic rings. The third kappa shape index (κ3) is 2.90. The average Bonchev–Trinajstić information content (AvgIpc) is 2.42. The number of aliphatic imine (C=N–C) groups is 1. The van der Waals surface area contributed by atoms with Crippen LogP contribution in [-0.2, 0) is 12.8 Å². The van der Waals surface area contributed by atoms with Crippen LogP contribution in [0.3, 0.4) is 0 Å². The molecule has 0 aromatic carbocycles. The highest BCUT2D eigenvalue weighted by atomic mass is 35.5. The Balaban J connectivity index is 0.00000144. The molecule has 0 radical (unpaired) electrons. The molecule has 4 nitrogen and oxygen atoms in total.